The zero-order valence-corrected chi connectivity index (χ0v) is 28.8. The number of aromatic nitrogens is 1. The molecule has 0 aliphatic carbocycles. The number of fused-ring (bicyclic) bond motifs is 9. The van der Waals surface area contributed by atoms with Crippen molar-refractivity contribution in [2.24, 2.45) is 0 Å². The molecule has 9 heterocycles. The first-order chi connectivity index (χ1) is 22.5. The van der Waals surface area contributed by atoms with E-state index in [0.29, 0.717) is 0 Å². The lowest BCUT2D eigenvalue weighted by Gasteiger charge is -2.58. The summed E-state index contributed by atoms with van der Waals surface area (Å²) in [4.78, 5) is 57.1. The number of para-hydroxylation sites is 2. The van der Waals surface area contributed by atoms with E-state index in [-0.39, 0.29) is 36.5 Å². The fraction of sp³-hybridized carbons (Fsp3) is 0.419. The molecule has 0 unspecified atom stereocenters. The van der Waals surface area contributed by atoms with Gasteiger partial charge in [0.1, 0.15) is 11.7 Å². The van der Waals surface area contributed by atoms with Crippen molar-refractivity contribution in [1.82, 2.24) is 24.2 Å². The number of aliphatic hydroxyl groups is 2. The molecule has 2 aromatic carbocycles. The summed E-state index contributed by atoms with van der Waals surface area (Å²) in [6.07, 6.45) is 1.85. The Hall–Kier alpha value is -3.02. The van der Waals surface area contributed by atoms with Gasteiger partial charge in [-0.15, -0.1) is 0 Å². The molecular formula is C31H30N6O6S4. The molecular weight excluding hydrogens is 681 g/mol. The Labute approximate surface area is 285 Å². The molecule has 244 valence electrons. The van der Waals surface area contributed by atoms with Crippen LogP contribution in [0.4, 0.5) is 5.69 Å². The summed E-state index contributed by atoms with van der Waals surface area (Å²) in [6.45, 7) is -0.994. The van der Waals surface area contributed by atoms with E-state index < -0.39 is 44.4 Å². The lowest BCUT2D eigenvalue weighted by molar-refractivity contribution is -0.166. The van der Waals surface area contributed by atoms with Crippen LogP contribution in [0.25, 0.3) is 10.9 Å². The Morgan fingerprint density at radius 1 is 0.766 bits per heavy atom. The highest BCUT2D eigenvalue weighted by molar-refractivity contribution is 8.78. The number of carbonyl (C=O) groups is 4. The van der Waals surface area contributed by atoms with Gasteiger partial charge in [0.15, 0.2) is 9.74 Å². The van der Waals surface area contributed by atoms with Gasteiger partial charge in [-0.1, -0.05) is 58.0 Å². The molecule has 3 aromatic rings. The molecule has 47 heavy (non-hydrogen) atoms. The predicted molar refractivity (Wildman–Crippen MR) is 182 cm³/mol. The van der Waals surface area contributed by atoms with Crippen LogP contribution >= 0.6 is 43.2 Å². The smallest absolute Gasteiger partial charge is 0.265 e. The molecule has 1 aromatic heterocycles. The monoisotopic (exact) mass is 710 g/mol. The number of nitrogens with one attached hydrogen (secondary N) is 1. The van der Waals surface area contributed by atoms with Crippen LogP contribution in [0.1, 0.15) is 17.5 Å². The first-order valence-corrected chi connectivity index (χ1v) is 19.4. The summed E-state index contributed by atoms with van der Waals surface area (Å²) >= 11 is 0. The highest BCUT2D eigenvalue weighted by atomic mass is 33.1. The van der Waals surface area contributed by atoms with Gasteiger partial charge in [-0.3, -0.25) is 24.1 Å². The summed E-state index contributed by atoms with van der Waals surface area (Å²) in [5, 5.41) is 25.2. The maximum absolute atomic E-state index is 14.4. The van der Waals surface area contributed by atoms with Gasteiger partial charge in [0.25, 0.3) is 23.6 Å². The maximum atomic E-state index is 14.4. The van der Waals surface area contributed by atoms with Crippen molar-refractivity contribution in [3.05, 3.63) is 65.9 Å². The second-order valence-corrected chi connectivity index (χ2v) is 18.3. The summed E-state index contributed by atoms with van der Waals surface area (Å²) in [5.41, 5.74) is 2.55. The molecule has 7 fully saturated rings. The van der Waals surface area contributed by atoms with Crippen LogP contribution in [0.2, 0.25) is 0 Å². The first kappa shape index (κ1) is 30.1. The van der Waals surface area contributed by atoms with Crippen LogP contribution in [0.5, 0.6) is 0 Å². The minimum absolute atomic E-state index is 0.203. The normalized spacial score (nSPS) is 36.8. The molecule has 3 N–H and O–H groups in total. The van der Waals surface area contributed by atoms with E-state index in [2.05, 4.69) is 9.88 Å². The van der Waals surface area contributed by atoms with Crippen molar-refractivity contribution in [3.63, 3.8) is 0 Å². The quantitative estimate of drug-likeness (QED) is 0.335. The van der Waals surface area contributed by atoms with Crippen molar-refractivity contribution in [1.29, 1.82) is 0 Å². The third-order valence-corrected chi connectivity index (χ3v) is 18.4. The molecule has 7 saturated heterocycles. The number of carbonyl (C=O) groups excluding carboxylic acids is 4. The summed E-state index contributed by atoms with van der Waals surface area (Å²) in [6, 6.07) is 15.8. The summed E-state index contributed by atoms with van der Waals surface area (Å²) < 4.78 is 2.16. The van der Waals surface area contributed by atoms with E-state index in [1.54, 1.807) is 26.0 Å². The Kier molecular flexibility index (Phi) is 5.99. The van der Waals surface area contributed by atoms with Crippen LogP contribution in [0, 0.1) is 0 Å². The van der Waals surface area contributed by atoms with Crippen molar-refractivity contribution in [3.8, 4) is 0 Å². The molecule has 4 bridgehead atoms. The van der Waals surface area contributed by atoms with Crippen LogP contribution in [0.15, 0.2) is 54.7 Å². The van der Waals surface area contributed by atoms with Crippen LogP contribution in [-0.2, 0) is 31.1 Å². The van der Waals surface area contributed by atoms with E-state index in [0.717, 1.165) is 27.7 Å². The number of rotatable bonds is 5. The van der Waals surface area contributed by atoms with Crippen molar-refractivity contribution in [2.75, 3.05) is 39.7 Å². The zero-order chi connectivity index (χ0) is 32.9. The number of likely N-dealkylation sites (N-methyl/N-ethyl adjacent to an activating group) is 3. The summed E-state index contributed by atoms with van der Waals surface area (Å²) in [5.74, 6) is -1.11. The van der Waals surface area contributed by atoms with Crippen LogP contribution in [-0.4, -0.2) is 118 Å². The molecule has 0 saturated carbocycles. The minimum atomic E-state index is -1.43. The fourth-order valence-corrected chi connectivity index (χ4v) is 15.7. The molecule has 12 nitrogen and oxygen atoms in total. The van der Waals surface area contributed by atoms with Crippen molar-refractivity contribution >= 4 is 83.4 Å². The summed E-state index contributed by atoms with van der Waals surface area (Å²) in [7, 11) is 9.90. The number of hydrogen-bond donors (Lipinski definition) is 3. The van der Waals surface area contributed by atoms with Gasteiger partial charge in [-0.25, -0.2) is 0 Å². The average molecular weight is 711 g/mol. The number of benzene rings is 2. The molecule has 8 aliphatic heterocycles. The Bertz CT molecular complexity index is 1980. The molecule has 11 rings (SSSR count). The largest absolute Gasteiger partial charge is 0.392 e. The van der Waals surface area contributed by atoms with Gasteiger partial charge in [0, 0.05) is 62.3 Å². The molecule has 1 spiro atoms. The van der Waals surface area contributed by atoms with E-state index in [9.17, 15) is 29.4 Å². The van der Waals surface area contributed by atoms with Crippen molar-refractivity contribution in [2.45, 2.75) is 44.0 Å². The van der Waals surface area contributed by atoms with E-state index >= 15 is 0 Å². The SMILES string of the molecule is CN1C(=O)[C@]2(Cc3cn([C@]45C[C@@]67SS[C@@](CO)(C(=O)N6[C@H]4Nc4ccccc45)N(C)C7=O)c4ccccc34)SS[C@@]1(CO)C(=O)N2C. The lowest BCUT2D eigenvalue weighted by atomic mass is 9.86. The van der Waals surface area contributed by atoms with Gasteiger partial charge < -0.3 is 34.8 Å². The highest BCUT2D eigenvalue weighted by Crippen LogP contribution is 2.69. The van der Waals surface area contributed by atoms with E-state index in [1.165, 1.54) is 57.9 Å². The van der Waals surface area contributed by atoms with E-state index in [1.807, 2.05) is 54.7 Å². The predicted octanol–water partition coefficient (Wildman–Crippen LogP) is 1.87. The number of hydrogen-bond acceptors (Lipinski definition) is 11. The van der Waals surface area contributed by atoms with E-state index in [4.69, 9.17) is 0 Å². The van der Waals surface area contributed by atoms with Gasteiger partial charge in [-0.05, 0) is 39.3 Å². The van der Waals surface area contributed by atoms with Gasteiger partial charge >= 0.3 is 0 Å². The zero-order valence-electron chi connectivity index (χ0n) is 25.5. The third kappa shape index (κ3) is 3.12. The standard InChI is InChI=1S/C31H30N6O6S4/c1-33-25(42)30(15-38)34(2)23(40)28(33,44-46-30)12-17-13-36(21-11-7-4-8-18(17)21)27-14-29-24(41)35(3)31(16-39,47-45-29)26(43)37(29)22(27)32-20-10-6-5-9-19(20)27/h4-11,13,22,32,38-39H,12,14-16H2,1-3H3/t22-,27+,28+,29+,30+,31+/m1/s1. The molecule has 4 amide bonds. The van der Waals surface area contributed by atoms with Crippen LogP contribution in [0.3, 0.4) is 0 Å². The number of aliphatic hydroxyl groups excluding tert-OH is 2. The topological polar surface area (TPSA) is 139 Å². The Balaban J connectivity index is 1.25. The molecule has 8 aliphatic rings. The molecule has 6 atom stereocenters. The number of nitrogens with zero attached hydrogens (tertiary/aromatic N) is 5. The molecule has 16 heteroatoms. The second kappa shape index (κ2) is 9.36. The number of piperazine rings is 2. The average Bonchev–Trinajstić information content (AvgIpc) is 3.71. The van der Waals surface area contributed by atoms with Gasteiger partial charge in [0.05, 0.1) is 13.2 Å². The minimum Gasteiger partial charge on any atom is -0.392 e. The third-order valence-electron chi connectivity index (χ3n) is 11.1. The number of amides is 4. The first-order valence-electron chi connectivity index (χ1n) is 15.1. The maximum Gasteiger partial charge on any atom is 0.265 e. The Morgan fingerprint density at radius 2 is 1.36 bits per heavy atom. The van der Waals surface area contributed by atoms with Crippen LogP contribution < -0.4 is 5.32 Å². The van der Waals surface area contributed by atoms with Crippen molar-refractivity contribution < 1.29 is 29.4 Å². The van der Waals surface area contributed by atoms with Gasteiger partial charge in [0.2, 0.25) is 9.74 Å². The molecule has 0 radical (unpaired) electrons. The van der Waals surface area contributed by atoms with Gasteiger partial charge in [-0.2, -0.15) is 0 Å². The Morgan fingerprint density at radius 3 is 2.13 bits per heavy atom. The lowest BCUT2D eigenvalue weighted by Crippen LogP contribution is -2.77. The second-order valence-electron chi connectivity index (χ2n) is 13.0. The highest BCUT2D eigenvalue weighted by Gasteiger charge is 2.78. The number of anilines is 1. The fourth-order valence-electron chi connectivity index (χ4n) is 8.49.